The largest absolute Gasteiger partial charge is 0.507 e. The number of phenolic OH excluding ortho intramolecular Hbond substituents is 4. The summed E-state index contributed by atoms with van der Waals surface area (Å²) in [6, 6.07) is 4.31. The molecule has 0 radical (unpaired) electrons. The average Bonchev–Trinajstić information content (AvgIpc) is 3.02. The summed E-state index contributed by atoms with van der Waals surface area (Å²) in [5, 5.41) is 112. The van der Waals surface area contributed by atoms with E-state index in [-0.39, 0.29) is 17.5 Å². The Morgan fingerprint density at radius 2 is 1.46 bits per heavy atom. The molecule has 46 heavy (non-hydrogen) atoms. The molecule has 11 N–H and O–H groups in total. The Bertz CT molecular complexity index is 1620. The molecule has 0 amide bonds. The molecule has 10 atom stereocenters. The van der Waals surface area contributed by atoms with Gasteiger partial charge in [0.05, 0.1) is 12.7 Å². The molecule has 2 aliphatic heterocycles. The Labute approximate surface area is 258 Å². The van der Waals surface area contributed by atoms with E-state index in [4.69, 9.17) is 23.4 Å². The van der Waals surface area contributed by atoms with Gasteiger partial charge in [-0.05, 0) is 37.6 Å². The molecule has 2 aromatic carbocycles. The van der Waals surface area contributed by atoms with Crippen molar-refractivity contribution in [2.75, 3.05) is 13.2 Å². The third-order valence-corrected chi connectivity index (χ3v) is 7.91. The molecule has 0 spiro atoms. The smallest absolute Gasteiger partial charge is 0.239 e. The molecule has 0 saturated carbocycles. The average molecular weight is 655 g/mol. The van der Waals surface area contributed by atoms with Crippen molar-refractivity contribution < 1.29 is 79.5 Å². The number of hydrogen-bond donors (Lipinski definition) is 11. The van der Waals surface area contributed by atoms with Gasteiger partial charge in [0.2, 0.25) is 17.5 Å². The van der Waals surface area contributed by atoms with Crippen LogP contribution in [0.4, 0.5) is 0 Å². The lowest BCUT2D eigenvalue weighted by Gasteiger charge is -2.42. The maximum absolute atomic E-state index is 13.9. The fourth-order valence-electron chi connectivity index (χ4n) is 5.26. The number of aliphatic hydroxyl groups excluding tert-OH is 7. The molecule has 252 valence electrons. The van der Waals surface area contributed by atoms with Crippen molar-refractivity contribution in [3.63, 3.8) is 0 Å². The topological polar surface area (TPSA) is 290 Å². The van der Waals surface area contributed by atoms with E-state index >= 15 is 0 Å². The molecule has 17 nitrogen and oxygen atoms in total. The minimum atomic E-state index is -2.02. The Hall–Kier alpha value is -3.75. The monoisotopic (exact) mass is 654 g/mol. The van der Waals surface area contributed by atoms with Crippen LogP contribution >= 0.6 is 0 Å². The summed E-state index contributed by atoms with van der Waals surface area (Å²) < 4.78 is 27.9. The molecule has 2 fully saturated rings. The first-order valence-corrected chi connectivity index (χ1v) is 14.1. The lowest BCUT2D eigenvalue weighted by molar-refractivity contribution is -0.318. The van der Waals surface area contributed by atoms with E-state index in [2.05, 4.69) is 0 Å². The molecular formula is C29H34O17. The van der Waals surface area contributed by atoms with Gasteiger partial charge in [0.25, 0.3) is 0 Å². The first-order chi connectivity index (χ1) is 21.7. The van der Waals surface area contributed by atoms with Gasteiger partial charge in [-0.3, -0.25) is 4.79 Å². The van der Waals surface area contributed by atoms with Crippen LogP contribution in [0.5, 0.6) is 28.7 Å². The Morgan fingerprint density at radius 1 is 0.783 bits per heavy atom. The van der Waals surface area contributed by atoms with E-state index < -0.39 is 126 Å². The highest BCUT2D eigenvalue weighted by Gasteiger charge is 2.48. The highest BCUT2D eigenvalue weighted by Crippen LogP contribution is 2.42. The van der Waals surface area contributed by atoms with E-state index in [9.17, 15) is 61.0 Å². The van der Waals surface area contributed by atoms with Crippen LogP contribution in [0.25, 0.3) is 22.3 Å². The van der Waals surface area contributed by atoms with E-state index in [1.807, 2.05) is 0 Å². The molecule has 0 bridgehead atoms. The minimum Gasteiger partial charge on any atom is -0.507 e. The molecule has 5 rings (SSSR count). The van der Waals surface area contributed by atoms with Crippen LogP contribution in [0.1, 0.15) is 12.5 Å². The zero-order valence-corrected chi connectivity index (χ0v) is 24.1. The van der Waals surface area contributed by atoms with Crippen LogP contribution in [0, 0.1) is 0 Å². The van der Waals surface area contributed by atoms with Crippen LogP contribution < -0.4 is 10.2 Å². The lowest BCUT2D eigenvalue weighted by atomic mass is 9.98. The molecule has 2 saturated heterocycles. The highest BCUT2D eigenvalue weighted by molar-refractivity contribution is 5.92. The lowest BCUT2D eigenvalue weighted by Crippen LogP contribution is -2.61. The number of fused-ring (bicyclic) bond motifs is 1. The van der Waals surface area contributed by atoms with Gasteiger partial charge in [0.15, 0.2) is 34.9 Å². The molecule has 0 unspecified atom stereocenters. The number of rotatable bonds is 8. The second-order valence-corrected chi connectivity index (χ2v) is 11.0. The summed E-state index contributed by atoms with van der Waals surface area (Å²) in [5.41, 5.74) is -1.75. The SMILES string of the molecule is C[C@@H]1O[C@@H](OC[C@H]2O[C@@H](Oc3c(-c4ccc(O)c(O)c4)oc4c(O)cc(CCO)c(O)c4c3=O)[C@H](O)[C@@H](O)[C@@H]2O)[C@H](O)[C@H](O)[C@H]1O. The van der Waals surface area contributed by atoms with E-state index in [1.54, 1.807) is 0 Å². The third-order valence-electron chi connectivity index (χ3n) is 7.91. The van der Waals surface area contributed by atoms with Crippen LogP contribution in [0.15, 0.2) is 33.5 Å². The number of aliphatic hydroxyl groups is 7. The first-order valence-electron chi connectivity index (χ1n) is 14.1. The standard InChI is InChI=1S/C29H34O17/c1-9-17(34)21(38)23(40)28(43-9)42-8-15-19(36)22(39)24(41)29(44-15)46-27-20(37)16-18(35)10(4-5-30)6-14(33)26(16)45-25(27)11-2-3-12(31)13(32)7-11/h2-3,6-7,9,15,17,19,21-24,28-36,38-41H,4-5,8H2,1H3/t9-,15+,17-,19+,21+,22-,23+,24+,28+,29-/m0/s1. The van der Waals surface area contributed by atoms with E-state index in [1.165, 1.54) is 13.0 Å². The normalized spacial score (nSPS) is 31.7. The molecule has 1 aromatic heterocycles. The van der Waals surface area contributed by atoms with Crippen molar-refractivity contribution in [2.45, 2.75) is 74.8 Å². The van der Waals surface area contributed by atoms with Crippen molar-refractivity contribution in [2.24, 2.45) is 0 Å². The molecule has 17 heteroatoms. The minimum absolute atomic E-state index is 0.0236. The Kier molecular flexibility index (Phi) is 9.62. The maximum Gasteiger partial charge on any atom is 0.239 e. The molecule has 0 aliphatic carbocycles. The summed E-state index contributed by atoms with van der Waals surface area (Å²) in [6.07, 6.45) is -16.6. The quantitative estimate of drug-likeness (QED) is 0.0911. The van der Waals surface area contributed by atoms with Crippen molar-refractivity contribution in [1.82, 2.24) is 0 Å². The number of hydrogen-bond acceptors (Lipinski definition) is 17. The second kappa shape index (κ2) is 13.2. The molecule has 3 heterocycles. The summed E-state index contributed by atoms with van der Waals surface area (Å²) in [7, 11) is 0. The Balaban J connectivity index is 1.53. The summed E-state index contributed by atoms with van der Waals surface area (Å²) >= 11 is 0. The van der Waals surface area contributed by atoms with Crippen molar-refractivity contribution >= 4 is 11.0 Å². The summed E-state index contributed by atoms with van der Waals surface area (Å²) in [6.45, 7) is 0.328. The van der Waals surface area contributed by atoms with Crippen LogP contribution in [-0.4, -0.2) is 131 Å². The number of ether oxygens (including phenoxy) is 4. The second-order valence-electron chi connectivity index (χ2n) is 11.0. The van der Waals surface area contributed by atoms with Gasteiger partial charge < -0.3 is 79.5 Å². The molecule has 2 aliphatic rings. The zero-order chi connectivity index (χ0) is 33.6. The van der Waals surface area contributed by atoms with Crippen LogP contribution in [-0.2, 0) is 20.6 Å². The maximum atomic E-state index is 13.9. The fraction of sp³-hybridized carbons (Fsp3) is 0.483. The highest BCUT2D eigenvalue weighted by atomic mass is 16.7. The van der Waals surface area contributed by atoms with Crippen LogP contribution in [0.3, 0.4) is 0 Å². The van der Waals surface area contributed by atoms with Crippen molar-refractivity contribution in [1.29, 1.82) is 0 Å². The van der Waals surface area contributed by atoms with Gasteiger partial charge in [-0.1, -0.05) is 0 Å². The van der Waals surface area contributed by atoms with Gasteiger partial charge in [0, 0.05) is 17.7 Å². The van der Waals surface area contributed by atoms with Gasteiger partial charge in [-0.15, -0.1) is 0 Å². The zero-order valence-electron chi connectivity index (χ0n) is 24.1. The predicted octanol–water partition coefficient (Wildman–Crippen LogP) is -2.15. The molecule has 3 aromatic rings. The van der Waals surface area contributed by atoms with E-state index in [0.717, 1.165) is 18.2 Å². The van der Waals surface area contributed by atoms with E-state index in [0.29, 0.717) is 0 Å². The first kappa shape index (κ1) is 33.6. The summed E-state index contributed by atoms with van der Waals surface area (Å²) in [4.78, 5) is 13.9. The van der Waals surface area contributed by atoms with Gasteiger partial charge in [-0.2, -0.15) is 0 Å². The Morgan fingerprint density at radius 3 is 2.13 bits per heavy atom. The van der Waals surface area contributed by atoms with Gasteiger partial charge >= 0.3 is 0 Å². The number of phenols is 4. The third kappa shape index (κ3) is 6.05. The van der Waals surface area contributed by atoms with Gasteiger partial charge in [-0.25, -0.2) is 0 Å². The van der Waals surface area contributed by atoms with Crippen molar-refractivity contribution in [3.8, 4) is 40.1 Å². The number of benzene rings is 2. The van der Waals surface area contributed by atoms with Crippen LogP contribution in [0.2, 0.25) is 0 Å². The fourth-order valence-corrected chi connectivity index (χ4v) is 5.26. The molecular weight excluding hydrogens is 620 g/mol. The van der Waals surface area contributed by atoms with Gasteiger partial charge in [0.1, 0.15) is 53.9 Å². The predicted molar refractivity (Wildman–Crippen MR) is 151 cm³/mol. The van der Waals surface area contributed by atoms with Crippen molar-refractivity contribution in [3.05, 3.63) is 40.1 Å². The number of aromatic hydroxyl groups is 4. The summed E-state index contributed by atoms with van der Waals surface area (Å²) in [5.74, 6) is -3.69.